The van der Waals surface area contributed by atoms with Crippen LogP contribution in [0.2, 0.25) is 0 Å². The molecule has 0 spiro atoms. The van der Waals surface area contributed by atoms with E-state index in [2.05, 4.69) is 45.7 Å². The molecule has 1 atom stereocenters. The number of hydrogen-bond donors (Lipinski definition) is 0. The van der Waals surface area contributed by atoms with Crippen molar-refractivity contribution in [2.75, 3.05) is 13.1 Å². The third-order valence-electron chi connectivity index (χ3n) is 3.56. The number of carbonyl (C=O) groups excluding carboxylic acids is 1. The smallest absolute Gasteiger partial charge is 0.253 e. The number of rotatable bonds is 2. The van der Waals surface area contributed by atoms with Gasteiger partial charge in [-0.15, -0.1) is 0 Å². The summed E-state index contributed by atoms with van der Waals surface area (Å²) in [6.07, 6.45) is 1.12. The van der Waals surface area contributed by atoms with Crippen molar-refractivity contribution in [1.82, 2.24) is 4.90 Å². The zero-order chi connectivity index (χ0) is 13.3. The number of amides is 1. The lowest BCUT2D eigenvalue weighted by atomic mass is 9.95. The van der Waals surface area contributed by atoms with Gasteiger partial charge < -0.3 is 4.90 Å². The maximum absolute atomic E-state index is 12.4. The molecule has 1 aliphatic rings. The first kappa shape index (κ1) is 14.1. The SMILES string of the molecule is CC(C)C1CCN(C(=O)c2cc(Br)cc(Br)c2)C1. The zero-order valence-electron chi connectivity index (χ0n) is 10.6. The molecule has 2 rings (SSSR count). The highest BCUT2D eigenvalue weighted by Crippen LogP contribution is 2.26. The number of halogens is 2. The highest BCUT2D eigenvalue weighted by atomic mass is 79.9. The van der Waals surface area contributed by atoms with Gasteiger partial charge in [0.05, 0.1) is 0 Å². The van der Waals surface area contributed by atoms with Crippen LogP contribution in [-0.2, 0) is 0 Å². The van der Waals surface area contributed by atoms with E-state index >= 15 is 0 Å². The maximum Gasteiger partial charge on any atom is 0.253 e. The monoisotopic (exact) mass is 373 g/mol. The number of carbonyl (C=O) groups is 1. The Kier molecular flexibility index (Phi) is 4.49. The second-order valence-corrected chi connectivity index (χ2v) is 7.03. The van der Waals surface area contributed by atoms with Gasteiger partial charge in [0.25, 0.3) is 5.91 Å². The summed E-state index contributed by atoms with van der Waals surface area (Å²) in [7, 11) is 0. The second kappa shape index (κ2) is 5.74. The Balaban J connectivity index is 2.12. The molecular formula is C14H17Br2NO. The fourth-order valence-electron chi connectivity index (χ4n) is 2.38. The van der Waals surface area contributed by atoms with E-state index in [-0.39, 0.29) is 5.91 Å². The molecule has 1 amide bonds. The van der Waals surface area contributed by atoms with Gasteiger partial charge in [0.15, 0.2) is 0 Å². The van der Waals surface area contributed by atoms with Crippen molar-refractivity contribution < 1.29 is 4.79 Å². The van der Waals surface area contributed by atoms with Crippen LogP contribution in [0.15, 0.2) is 27.1 Å². The summed E-state index contributed by atoms with van der Waals surface area (Å²) in [5, 5.41) is 0. The predicted molar refractivity (Wildman–Crippen MR) is 80.7 cm³/mol. The van der Waals surface area contributed by atoms with Crippen LogP contribution in [0.25, 0.3) is 0 Å². The molecule has 18 heavy (non-hydrogen) atoms. The van der Waals surface area contributed by atoms with E-state index in [1.165, 1.54) is 0 Å². The van der Waals surface area contributed by atoms with E-state index in [0.717, 1.165) is 34.0 Å². The third kappa shape index (κ3) is 3.15. The highest BCUT2D eigenvalue weighted by Gasteiger charge is 2.28. The third-order valence-corrected chi connectivity index (χ3v) is 4.48. The summed E-state index contributed by atoms with van der Waals surface area (Å²) in [6, 6.07) is 5.71. The molecule has 4 heteroatoms. The highest BCUT2D eigenvalue weighted by molar-refractivity contribution is 9.11. The molecule has 0 aliphatic carbocycles. The lowest BCUT2D eigenvalue weighted by Crippen LogP contribution is -2.29. The van der Waals surface area contributed by atoms with Gasteiger partial charge in [-0.1, -0.05) is 45.7 Å². The molecule has 0 radical (unpaired) electrons. The number of nitrogens with zero attached hydrogens (tertiary/aromatic N) is 1. The van der Waals surface area contributed by atoms with Gasteiger partial charge in [-0.2, -0.15) is 0 Å². The Morgan fingerprint density at radius 1 is 1.28 bits per heavy atom. The second-order valence-electron chi connectivity index (χ2n) is 5.20. The molecule has 1 aliphatic heterocycles. The molecule has 0 aromatic heterocycles. The van der Waals surface area contributed by atoms with E-state index in [4.69, 9.17) is 0 Å². The van der Waals surface area contributed by atoms with Crippen LogP contribution in [-0.4, -0.2) is 23.9 Å². The van der Waals surface area contributed by atoms with Crippen molar-refractivity contribution in [3.8, 4) is 0 Å². The Labute approximate surface area is 125 Å². The predicted octanol–water partition coefficient (Wildman–Crippen LogP) is 4.33. The van der Waals surface area contributed by atoms with Gasteiger partial charge in [0.1, 0.15) is 0 Å². The lowest BCUT2D eigenvalue weighted by Gasteiger charge is -2.18. The minimum atomic E-state index is 0.139. The van der Waals surface area contributed by atoms with Crippen molar-refractivity contribution in [1.29, 1.82) is 0 Å². The number of likely N-dealkylation sites (tertiary alicyclic amines) is 1. The summed E-state index contributed by atoms with van der Waals surface area (Å²) in [6.45, 7) is 6.23. The van der Waals surface area contributed by atoms with Crippen molar-refractivity contribution in [2.24, 2.45) is 11.8 Å². The van der Waals surface area contributed by atoms with Crippen LogP contribution >= 0.6 is 31.9 Å². The summed E-state index contributed by atoms with van der Waals surface area (Å²) in [5.74, 6) is 1.43. The molecule has 1 heterocycles. The van der Waals surface area contributed by atoms with Crippen LogP contribution < -0.4 is 0 Å². The topological polar surface area (TPSA) is 20.3 Å². The molecular weight excluding hydrogens is 358 g/mol. The maximum atomic E-state index is 12.4. The van der Waals surface area contributed by atoms with Gasteiger partial charge in [0.2, 0.25) is 0 Å². The largest absolute Gasteiger partial charge is 0.338 e. The average Bonchev–Trinajstić information content (AvgIpc) is 2.75. The molecule has 1 aromatic rings. The first-order valence-electron chi connectivity index (χ1n) is 6.22. The van der Waals surface area contributed by atoms with Crippen LogP contribution in [0, 0.1) is 11.8 Å². The van der Waals surface area contributed by atoms with Crippen LogP contribution in [0.1, 0.15) is 30.6 Å². The normalized spacial score (nSPS) is 19.6. The Hall–Kier alpha value is -0.350. The lowest BCUT2D eigenvalue weighted by molar-refractivity contribution is 0.0784. The molecule has 2 nitrogen and oxygen atoms in total. The van der Waals surface area contributed by atoms with E-state index < -0.39 is 0 Å². The summed E-state index contributed by atoms with van der Waals surface area (Å²) in [5.41, 5.74) is 0.751. The van der Waals surface area contributed by atoms with Gasteiger partial charge in [0, 0.05) is 27.6 Å². The van der Waals surface area contributed by atoms with Crippen LogP contribution in [0.5, 0.6) is 0 Å². The Morgan fingerprint density at radius 2 is 1.89 bits per heavy atom. The molecule has 98 valence electrons. The van der Waals surface area contributed by atoms with Crippen LogP contribution in [0.4, 0.5) is 0 Å². The minimum absolute atomic E-state index is 0.139. The fraction of sp³-hybridized carbons (Fsp3) is 0.500. The summed E-state index contributed by atoms with van der Waals surface area (Å²) in [4.78, 5) is 14.4. The number of hydrogen-bond acceptors (Lipinski definition) is 1. The Bertz CT molecular complexity index is 439. The van der Waals surface area contributed by atoms with Crippen molar-refractivity contribution >= 4 is 37.8 Å². The van der Waals surface area contributed by atoms with Crippen molar-refractivity contribution in [3.63, 3.8) is 0 Å². The molecule has 0 saturated carbocycles. The first-order chi connectivity index (χ1) is 8.47. The van der Waals surface area contributed by atoms with Crippen molar-refractivity contribution in [2.45, 2.75) is 20.3 Å². The van der Waals surface area contributed by atoms with Gasteiger partial charge in [-0.25, -0.2) is 0 Å². The fourth-order valence-corrected chi connectivity index (χ4v) is 3.67. The van der Waals surface area contributed by atoms with E-state index in [9.17, 15) is 4.79 Å². The quantitative estimate of drug-likeness (QED) is 0.754. The molecule has 0 bridgehead atoms. The Morgan fingerprint density at radius 3 is 2.39 bits per heavy atom. The van der Waals surface area contributed by atoms with Gasteiger partial charge in [-0.05, 0) is 36.5 Å². The molecule has 1 saturated heterocycles. The standard InChI is InChI=1S/C14H17Br2NO/c1-9(2)10-3-4-17(8-10)14(18)11-5-12(15)7-13(16)6-11/h5-7,9-10H,3-4,8H2,1-2H3. The molecule has 1 aromatic carbocycles. The van der Waals surface area contributed by atoms with E-state index in [0.29, 0.717) is 11.8 Å². The van der Waals surface area contributed by atoms with E-state index in [1.54, 1.807) is 0 Å². The van der Waals surface area contributed by atoms with Crippen LogP contribution in [0.3, 0.4) is 0 Å². The van der Waals surface area contributed by atoms with Crippen molar-refractivity contribution in [3.05, 3.63) is 32.7 Å². The first-order valence-corrected chi connectivity index (χ1v) is 7.81. The zero-order valence-corrected chi connectivity index (χ0v) is 13.8. The average molecular weight is 375 g/mol. The summed E-state index contributed by atoms with van der Waals surface area (Å²) >= 11 is 6.85. The molecule has 1 fully saturated rings. The van der Waals surface area contributed by atoms with Gasteiger partial charge >= 0.3 is 0 Å². The van der Waals surface area contributed by atoms with Gasteiger partial charge in [-0.3, -0.25) is 4.79 Å². The summed E-state index contributed by atoms with van der Waals surface area (Å²) < 4.78 is 1.86. The molecule has 0 N–H and O–H groups in total. The van der Waals surface area contributed by atoms with E-state index in [1.807, 2.05) is 23.1 Å². The minimum Gasteiger partial charge on any atom is -0.338 e. The number of benzene rings is 1. The molecule has 1 unspecified atom stereocenters.